The smallest absolute Gasteiger partial charge is 0.334 e. The van der Waals surface area contributed by atoms with Gasteiger partial charge in [-0.25, -0.2) is 0 Å². The standard InChI is InChI=1S/4C5H7O2.Hf/c4*1-4(6)3-5(2)7;/h4*3H,1-2H3;/q4*-1;+4. The molecule has 0 aromatic heterocycles. The monoisotopic (exact) mass is 576 g/mol. The van der Waals surface area contributed by atoms with Crippen molar-refractivity contribution < 1.29 is 64.2 Å². The molecule has 0 N–H and O–H groups in total. The number of ketones is 8. The van der Waals surface area contributed by atoms with E-state index in [9.17, 15) is 38.4 Å². The molecule has 0 unspecified atom stereocenters. The van der Waals surface area contributed by atoms with Crippen LogP contribution in [0.4, 0.5) is 0 Å². The average molecular weight is 575 g/mol. The summed E-state index contributed by atoms with van der Waals surface area (Å²) in [6.45, 7) is 10.8. The first kappa shape index (κ1) is 37.5. The first-order valence-electron chi connectivity index (χ1n) is 7.94. The van der Waals surface area contributed by atoms with E-state index in [4.69, 9.17) is 0 Å². The fourth-order valence-electron chi connectivity index (χ4n) is 1.14. The molecule has 0 atom stereocenters. The van der Waals surface area contributed by atoms with Gasteiger partial charge in [-0.2, -0.15) is 0 Å². The summed E-state index contributed by atoms with van der Waals surface area (Å²) < 4.78 is 0. The van der Waals surface area contributed by atoms with Crippen LogP contribution in [-0.4, -0.2) is 46.3 Å². The SMILES string of the molecule is CC(=O)[CH-]C(C)=O.CC(=O)[CH-]C(C)=O.CC(=O)[CH-]C(C)=O.CC(=O)[CH-]C(C)=O.[Hf+4]. The Hall–Kier alpha value is -2.29. The largest absolute Gasteiger partial charge is 4.00 e. The third-order valence-corrected chi connectivity index (χ3v) is 1.63. The van der Waals surface area contributed by atoms with Gasteiger partial charge in [0.25, 0.3) is 0 Å². The Morgan fingerprint density at radius 1 is 0.310 bits per heavy atom. The molecule has 160 valence electrons. The van der Waals surface area contributed by atoms with Crippen LogP contribution in [0.2, 0.25) is 0 Å². The van der Waals surface area contributed by atoms with Crippen molar-refractivity contribution in [3.8, 4) is 0 Å². The molecular weight excluding hydrogens is 547 g/mol. The van der Waals surface area contributed by atoms with Crippen LogP contribution in [0.5, 0.6) is 0 Å². The third-order valence-electron chi connectivity index (χ3n) is 1.63. The van der Waals surface area contributed by atoms with Crippen LogP contribution in [0.3, 0.4) is 0 Å². The molecule has 0 heterocycles. The van der Waals surface area contributed by atoms with Gasteiger partial charge in [0, 0.05) is 46.3 Å². The van der Waals surface area contributed by atoms with E-state index in [1.54, 1.807) is 0 Å². The van der Waals surface area contributed by atoms with Crippen molar-refractivity contribution in [2.75, 3.05) is 0 Å². The van der Waals surface area contributed by atoms with Gasteiger partial charge >= 0.3 is 25.8 Å². The Morgan fingerprint density at radius 2 is 0.379 bits per heavy atom. The quantitative estimate of drug-likeness (QED) is 0.241. The van der Waals surface area contributed by atoms with Crippen LogP contribution in [0.1, 0.15) is 55.4 Å². The fraction of sp³-hybridized carbons (Fsp3) is 0.400. The molecule has 0 bridgehead atoms. The molecule has 0 saturated carbocycles. The normalized spacial score (nSPS) is 7.45. The summed E-state index contributed by atoms with van der Waals surface area (Å²) in [4.78, 5) is 79.8. The zero-order chi connectivity index (χ0) is 23.4. The number of hydrogen-bond acceptors (Lipinski definition) is 8. The third kappa shape index (κ3) is 76.9. The number of hydrogen-bond donors (Lipinski definition) is 0. The second kappa shape index (κ2) is 23.7. The van der Waals surface area contributed by atoms with E-state index >= 15 is 0 Å². The van der Waals surface area contributed by atoms with E-state index in [1.807, 2.05) is 0 Å². The van der Waals surface area contributed by atoms with Gasteiger partial charge < -0.3 is 38.4 Å². The van der Waals surface area contributed by atoms with Gasteiger partial charge in [0.1, 0.15) is 0 Å². The number of carbonyl (C=O) groups excluding carboxylic acids is 8. The van der Waals surface area contributed by atoms with Gasteiger partial charge in [0.2, 0.25) is 0 Å². The minimum atomic E-state index is -0.187. The zero-order valence-corrected chi connectivity index (χ0v) is 21.7. The van der Waals surface area contributed by atoms with Crippen molar-refractivity contribution in [3.05, 3.63) is 25.7 Å². The van der Waals surface area contributed by atoms with Gasteiger partial charge in [-0.3, -0.25) is 25.7 Å². The predicted molar refractivity (Wildman–Crippen MR) is 103 cm³/mol. The van der Waals surface area contributed by atoms with Crippen molar-refractivity contribution >= 4 is 46.3 Å². The second-order valence-electron chi connectivity index (χ2n) is 5.46. The Morgan fingerprint density at radius 3 is 0.379 bits per heavy atom. The van der Waals surface area contributed by atoms with Crippen LogP contribution in [0, 0.1) is 25.7 Å². The maximum absolute atomic E-state index is 9.98. The van der Waals surface area contributed by atoms with E-state index in [0.717, 1.165) is 25.7 Å². The summed E-state index contributed by atoms with van der Waals surface area (Å²) in [6.07, 6.45) is 4.22. The van der Waals surface area contributed by atoms with Gasteiger partial charge in [-0.15, -0.1) is 0 Å². The Kier molecular flexibility index (Phi) is 30.7. The topological polar surface area (TPSA) is 137 Å². The average Bonchev–Trinajstić information content (AvgIpc) is 2.32. The molecule has 0 aromatic carbocycles. The van der Waals surface area contributed by atoms with Crippen LogP contribution in [0.25, 0.3) is 0 Å². The fourth-order valence-corrected chi connectivity index (χ4v) is 1.14. The molecule has 0 aliphatic carbocycles. The summed E-state index contributed by atoms with van der Waals surface area (Å²) in [5.41, 5.74) is 0. The summed E-state index contributed by atoms with van der Waals surface area (Å²) >= 11 is 0. The van der Waals surface area contributed by atoms with Crippen LogP contribution < -0.4 is 0 Å². The maximum Gasteiger partial charge on any atom is 4.00 e. The van der Waals surface area contributed by atoms with Crippen molar-refractivity contribution in [3.63, 3.8) is 0 Å². The number of rotatable bonds is 8. The van der Waals surface area contributed by atoms with Gasteiger partial charge in [0.15, 0.2) is 0 Å². The zero-order valence-electron chi connectivity index (χ0n) is 18.1. The molecule has 0 spiro atoms. The van der Waals surface area contributed by atoms with E-state index in [1.165, 1.54) is 55.4 Å². The summed E-state index contributed by atoms with van der Waals surface area (Å²) in [5.74, 6) is -1.50. The molecule has 0 aromatic rings. The summed E-state index contributed by atoms with van der Waals surface area (Å²) in [5, 5.41) is 0. The minimum Gasteiger partial charge on any atom is -0.334 e. The van der Waals surface area contributed by atoms with Gasteiger partial charge in [-0.1, -0.05) is 0 Å². The van der Waals surface area contributed by atoms with Crippen LogP contribution >= 0.6 is 0 Å². The van der Waals surface area contributed by atoms with Crippen LogP contribution in [-0.2, 0) is 64.2 Å². The molecule has 0 radical (unpaired) electrons. The predicted octanol–water partition coefficient (Wildman–Crippen LogP) is 1.47. The van der Waals surface area contributed by atoms with Gasteiger partial charge in [-0.05, 0) is 55.4 Å². The van der Waals surface area contributed by atoms with Gasteiger partial charge in [0.05, 0.1) is 0 Å². The molecule has 0 fully saturated rings. The Balaban J connectivity index is -0.0000000873. The minimum absolute atomic E-state index is 0. The molecule has 0 rings (SSSR count). The van der Waals surface area contributed by atoms with Crippen LogP contribution in [0.15, 0.2) is 0 Å². The maximum atomic E-state index is 9.98. The van der Waals surface area contributed by atoms with Crippen molar-refractivity contribution in [1.29, 1.82) is 0 Å². The Labute approximate surface area is 191 Å². The molecule has 8 nitrogen and oxygen atoms in total. The first-order valence-corrected chi connectivity index (χ1v) is 7.94. The molecule has 0 aliphatic rings. The molecule has 29 heavy (non-hydrogen) atoms. The molecule has 0 saturated heterocycles. The van der Waals surface area contributed by atoms with E-state index in [2.05, 4.69) is 0 Å². The molecule has 9 heteroatoms. The van der Waals surface area contributed by atoms with Crippen molar-refractivity contribution in [2.24, 2.45) is 0 Å². The number of Topliss-reactive ketones (excluding diaryl/α,β-unsaturated/α-hetero) is 8. The summed E-state index contributed by atoms with van der Waals surface area (Å²) in [7, 11) is 0. The summed E-state index contributed by atoms with van der Waals surface area (Å²) in [6, 6.07) is 0. The number of carbonyl (C=O) groups is 8. The van der Waals surface area contributed by atoms with Crippen molar-refractivity contribution in [2.45, 2.75) is 55.4 Å². The van der Waals surface area contributed by atoms with E-state index < -0.39 is 0 Å². The first-order chi connectivity index (χ1) is 12.5. The van der Waals surface area contributed by atoms with E-state index in [0.29, 0.717) is 0 Å². The second-order valence-corrected chi connectivity index (χ2v) is 5.46. The van der Waals surface area contributed by atoms with Crippen molar-refractivity contribution in [1.82, 2.24) is 0 Å². The Bertz CT molecular complexity index is 439. The molecular formula is C20H28HfO8. The van der Waals surface area contributed by atoms with E-state index in [-0.39, 0.29) is 72.1 Å². The molecule has 0 amide bonds. The molecule has 0 aliphatic heterocycles.